The Morgan fingerprint density at radius 3 is 2.67 bits per heavy atom. The molecule has 0 aromatic carbocycles. The minimum atomic E-state index is 0.838. The fourth-order valence-corrected chi connectivity index (χ4v) is 1.38. The van der Waals surface area contributed by atoms with Crippen molar-refractivity contribution in [1.82, 2.24) is 5.32 Å². The monoisotopic (exact) mass is 213 g/mol. The van der Waals surface area contributed by atoms with Crippen molar-refractivity contribution in [2.24, 2.45) is 0 Å². The highest BCUT2D eigenvalue weighted by Crippen LogP contribution is 1.96. The highest BCUT2D eigenvalue weighted by molar-refractivity contribution is 4.64. The molecule has 15 heavy (non-hydrogen) atoms. The van der Waals surface area contributed by atoms with Crippen LogP contribution >= 0.6 is 0 Å². The van der Waals surface area contributed by atoms with E-state index in [9.17, 15) is 0 Å². The molecule has 0 spiro atoms. The smallest absolute Gasteiger partial charge is 0.0590 e. The van der Waals surface area contributed by atoms with Gasteiger partial charge in [-0.3, -0.25) is 0 Å². The molecule has 0 amide bonds. The Hall–Kier alpha value is -0.340. The zero-order valence-electron chi connectivity index (χ0n) is 10.3. The van der Waals surface area contributed by atoms with Gasteiger partial charge in [-0.25, -0.2) is 0 Å². The molecule has 0 aliphatic carbocycles. The molecule has 0 atom stereocenters. The summed E-state index contributed by atoms with van der Waals surface area (Å²) in [5, 5.41) is 3.39. The minimum Gasteiger partial charge on any atom is -0.380 e. The molecule has 0 saturated heterocycles. The first kappa shape index (κ1) is 14.7. The first-order valence-corrected chi connectivity index (χ1v) is 6.31. The second-order valence-corrected chi connectivity index (χ2v) is 3.85. The largest absolute Gasteiger partial charge is 0.380 e. The van der Waals surface area contributed by atoms with Gasteiger partial charge in [0.15, 0.2) is 0 Å². The Kier molecular flexibility index (Phi) is 13.4. The molecule has 0 aromatic rings. The van der Waals surface area contributed by atoms with Gasteiger partial charge in [-0.1, -0.05) is 32.3 Å². The lowest BCUT2D eigenvalue weighted by Crippen LogP contribution is -2.21. The molecule has 0 unspecified atom stereocenters. The Bertz CT molecular complexity index is 126. The summed E-state index contributed by atoms with van der Waals surface area (Å²) in [7, 11) is 0. The molecule has 0 rings (SSSR count). The van der Waals surface area contributed by atoms with Crippen molar-refractivity contribution in [2.75, 3.05) is 26.3 Å². The quantitative estimate of drug-likeness (QED) is 0.397. The number of rotatable bonds is 12. The van der Waals surface area contributed by atoms with Crippen LogP contribution in [0.1, 0.15) is 45.4 Å². The van der Waals surface area contributed by atoms with Crippen molar-refractivity contribution in [3.05, 3.63) is 12.7 Å². The van der Waals surface area contributed by atoms with Crippen LogP contribution in [-0.2, 0) is 4.74 Å². The maximum absolute atomic E-state index is 5.45. The number of nitrogens with one attached hydrogen (secondary N) is 1. The van der Waals surface area contributed by atoms with Crippen LogP contribution in [0.2, 0.25) is 0 Å². The van der Waals surface area contributed by atoms with E-state index in [0.717, 1.165) is 39.1 Å². The van der Waals surface area contributed by atoms with Crippen LogP contribution in [0, 0.1) is 0 Å². The highest BCUT2D eigenvalue weighted by atomic mass is 16.5. The lowest BCUT2D eigenvalue weighted by atomic mass is 10.2. The predicted molar refractivity (Wildman–Crippen MR) is 67.3 cm³/mol. The maximum Gasteiger partial charge on any atom is 0.0590 e. The third-order valence-electron chi connectivity index (χ3n) is 2.33. The first-order valence-electron chi connectivity index (χ1n) is 6.31. The normalized spacial score (nSPS) is 10.5. The highest BCUT2D eigenvalue weighted by Gasteiger charge is 1.90. The van der Waals surface area contributed by atoms with Crippen LogP contribution in [0.5, 0.6) is 0 Å². The van der Waals surface area contributed by atoms with E-state index in [1.165, 1.54) is 25.7 Å². The minimum absolute atomic E-state index is 0.838. The van der Waals surface area contributed by atoms with Gasteiger partial charge in [0.25, 0.3) is 0 Å². The molecular formula is C13H27NO. The maximum atomic E-state index is 5.45. The van der Waals surface area contributed by atoms with Crippen molar-refractivity contribution >= 4 is 0 Å². The lowest BCUT2D eigenvalue weighted by Gasteiger charge is -2.05. The van der Waals surface area contributed by atoms with Crippen LogP contribution in [0.25, 0.3) is 0 Å². The summed E-state index contributed by atoms with van der Waals surface area (Å²) in [6, 6.07) is 0. The third-order valence-corrected chi connectivity index (χ3v) is 2.33. The number of unbranched alkanes of at least 4 members (excludes halogenated alkanes) is 4. The molecular weight excluding hydrogens is 186 g/mol. The van der Waals surface area contributed by atoms with E-state index < -0.39 is 0 Å². The summed E-state index contributed by atoms with van der Waals surface area (Å²) in [5.41, 5.74) is 0. The average molecular weight is 213 g/mol. The van der Waals surface area contributed by atoms with E-state index in [2.05, 4.69) is 18.8 Å². The van der Waals surface area contributed by atoms with Gasteiger partial charge in [0.2, 0.25) is 0 Å². The van der Waals surface area contributed by atoms with Gasteiger partial charge in [-0.2, -0.15) is 0 Å². The molecule has 2 heteroatoms. The van der Waals surface area contributed by atoms with Crippen LogP contribution in [0.3, 0.4) is 0 Å². The van der Waals surface area contributed by atoms with Gasteiger partial charge < -0.3 is 10.1 Å². The predicted octanol–water partition coefficient (Wildman–Crippen LogP) is 3.14. The Morgan fingerprint density at radius 1 is 1.07 bits per heavy atom. The van der Waals surface area contributed by atoms with E-state index in [4.69, 9.17) is 4.74 Å². The summed E-state index contributed by atoms with van der Waals surface area (Å²) < 4.78 is 5.45. The summed E-state index contributed by atoms with van der Waals surface area (Å²) in [4.78, 5) is 0. The molecule has 0 radical (unpaired) electrons. The molecule has 0 fully saturated rings. The first-order chi connectivity index (χ1) is 7.41. The van der Waals surface area contributed by atoms with Gasteiger partial charge in [0.05, 0.1) is 6.61 Å². The second kappa shape index (κ2) is 13.7. The van der Waals surface area contributed by atoms with E-state index in [1.807, 2.05) is 6.08 Å². The Labute approximate surface area is 95.1 Å². The third kappa shape index (κ3) is 13.7. The van der Waals surface area contributed by atoms with Crippen molar-refractivity contribution in [2.45, 2.75) is 45.4 Å². The fraction of sp³-hybridized carbons (Fsp3) is 0.846. The molecule has 0 saturated carbocycles. The Morgan fingerprint density at radius 2 is 1.93 bits per heavy atom. The second-order valence-electron chi connectivity index (χ2n) is 3.85. The van der Waals surface area contributed by atoms with Crippen LogP contribution in [0.4, 0.5) is 0 Å². The summed E-state index contributed by atoms with van der Waals surface area (Å²) in [6.45, 7) is 9.74. The molecule has 2 nitrogen and oxygen atoms in total. The van der Waals surface area contributed by atoms with Crippen LogP contribution in [0.15, 0.2) is 12.7 Å². The van der Waals surface area contributed by atoms with Crippen molar-refractivity contribution < 1.29 is 4.74 Å². The summed E-state index contributed by atoms with van der Waals surface area (Å²) >= 11 is 0. The SMILES string of the molecule is C=CCCCOCCNCCCCCC. The van der Waals surface area contributed by atoms with Crippen molar-refractivity contribution in [1.29, 1.82) is 0 Å². The van der Waals surface area contributed by atoms with Crippen molar-refractivity contribution in [3.8, 4) is 0 Å². The molecule has 90 valence electrons. The molecule has 0 aromatic heterocycles. The molecule has 0 heterocycles. The number of hydrogen-bond acceptors (Lipinski definition) is 2. The van der Waals surface area contributed by atoms with Gasteiger partial charge >= 0.3 is 0 Å². The van der Waals surface area contributed by atoms with Crippen molar-refractivity contribution in [3.63, 3.8) is 0 Å². The van der Waals surface area contributed by atoms with Gasteiger partial charge in [-0.15, -0.1) is 6.58 Å². The van der Waals surface area contributed by atoms with Gasteiger partial charge in [0, 0.05) is 13.2 Å². The van der Waals surface area contributed by atoms with Crippen LogP contribution < -0.4 is 5.32 Å². The van der Waals surface area contributed by atoms with E-state index in [1.54, 1.807) is 0 Å². The molecule has 0 aliphatic heterocycles. The number of allylic oxidation sites excluding steroid dienone is 1. The Balaban J connectivity index is 2.83. The standard InChI is InChI=1S/C13H27NO/c1-3-5-7-8-10-14-11-13-15-12-9-6-4-2/h4,14H,2-3,5-13H2,1H3. The van der Waals surface area contributed by atoms with Gasteiger partial charge in [-0.05, 0) is 25.8 Å². The van der Waals surface area contributed by atoms with Gasteiger partial charge in [0.1, 0.15) is 0 Å². The summed E-state index contributed by atoms with van der Waals surface area (Å²) in [5.74, 6) is 0. The van der Waals surface area contributed by atoms with Crippen LogP contribution in [-0.4, -0.2) is 26.3 Å². The average Bonchev–Trinajstić information content (AvgIpc) is 2.26. The zero-order chi connectivity index (χ0) is 11.2. The summed E-state index contributed by atoms with van der Waals surface area (Å²) in [6.07, 6.45) is 9.42. The molecule has 0 aliphatic rings. The zero-order valence-corrected chi connectivity index (χ0v) is 10.3. The molecule has 1 N–H and O–H groups in total. The fourth-order valence-electron chi connectivity index (χ4n) is 1.38. The van der Waals surface area contributed by atoms with E-state index in [0.29, 0.717) is 0 Å². The molecule has 0 bridgehead atoms. The lowest BCUT2D eigenvalue weighted by molar-refractivity contribution is 0.134. The topological polar surface area (TPSA) is 21.3 Å². The van der Waals surface area contributed by atoms with E-state index in [-0.39, 0.29) is 0 Å². The number of hydrogen-bond donors (Lipinski definition) is 1. The van der Waals surface area contributed by atoms with E-state index >= 15 is 0 Å². The number of ether oxygens (including phenoxy) is 1.